The van der Waals surface area contributed by atoms with Crippen molar-refractivity contribution in [2.45, 2.75) is 32.4 Å². The molecule has 2 N–H and O–H groups in total. The molecule has 2 aliphatic heterocycles. The van der Waals surface area contributed by atoms with E-state index < -0.39 is 0 Å². The molecule has 2 heterocycles. The number of nitrogens with zero attached hydrogens (tertiary/aromatic N) is 3. The molecular weight excluding hydrogens is 434 g/mol. The van der Waals surface area contributed by atoms with Crippen molar-refractivity contribution in [3.8, 4) is 0 Å². The number of amides is 2. The first-order valence-corrected chi connectivity index (χ1v) is 10.2. The lowest BCUT2D eigenvalue weighted by Crippen LogP contribution is -2.52. The van der Waals surface area contributed by atoms with E-state index in [-0.39, 0.29) is 30.4 Å². The summed E-state index contributed by atoms with van der Waals surface area (Å²) in [6.07, 6.45) is 2.19. The highest BCUT2D eigenvalue weighted by atomic mass is 79.9. The van der Waals surface area contributed by atoms with Gasteiger partial charge in [0.15, 0.2) is 0 Å². The number of hydrogen-bond donors (Lipinski definition) is 2. The smallest absolute Gasteiger partial charge is 0.267 e. The number of anilines is 1. The third-order valence-electron chi connectivity index (χ3n) is 5.19. The van der Waals surface area contributed by atoms with Gasteiger partial charge in [-0.3, -0.25) is 14.6 Å². The van der Waals surface area contributed by atoms with Gasteiger partial charge in [0.2, 0.25) is 5.91 Å². The van der Waals surface area contributed by atoms with E-state index in [4.69, 9.17) is 0 Å². The monoisotopic (exact) mass is 455 g/mol. The molecule has 7 nitrogen and oxygen atoms in total. The Labute approximate surface area is 177 Å². The molecule has 2 atom stereocenters. The highest BCUT2D eigenvalue weighted by Gasteiger charge is 2.41. The van der Waals surface area contributed by atoms with Crippen molar-refractivity contribution < 1.29 is 9.59 Å². The maximum Gasteiger partial charge on any atom is 0.267 e. The molecule has 4 rings (SSSR count). The van der Waals surface area contributed by atoms with E-state index in [9.17, 15) is 9.59 Å². The van der Waals surface area contributed by atoms with Crippen LogP contribution in [0.1, 0.15) is 29.2 Å². The first-order valence-electron chi connectivity index (χ1n) is 9.43. The minimum Gasteiger partial charge on any atom is -0.324 e. The van der Waals surface area contributed by atoms with Crippen LogP contribution in [0.3, 0.4) is 0 Å². The van der Waals surface area contributed by atoms with Crippen LogP contribution in [0.15, 0.2) is 52.0 Å². The number of rotatable bonds is 4. The minimum atomic E-state index is -0.380. The Bertz CT molecular complexity index is 976. The number of carbonyl (C=O) groups is 2. The average molecular weight is 456 g/mol. The Hall–Kier alpha value is -2.71. The van der Waals surface area contributed by atoms with Gasteiger partial charge >= 0.3 is 0 Å². The van der Waals surface area contributed by atoms with Crippen molar-refractivity contribution in [1.82, 2.24) is 15.4 Å². The summed E-state index contributed by atoms with van der Waals surface area (Å²) < 4.78 is 1.01. The van der Waals surface area contributed by atoms with Gasteiger partial charge in [-0.1, -0.05) is 40.2 Å². The molecule has 0 spiro atoms. The zero-order valence-electron chi connectivity index (χ0n) is 16.2. The van der Waals surface area contributed by atoms with Gasteiger partial charge in [0, 0.05) is 10.2 Å². The van der Waals surface area contributed by atoms with Crippen molar-refractivity contribution >= 4 is 39.8 Å². The van der Waals surface area contributed by atoms with Gasteiger partial charge in [0.1, 0.15) is 18.9 Å². The Morgan fingerprint density at radius 3 is 2.76 bits per heavy atom. The summed E-state index contributed by atoms with van der Waals surface area (Å²) in [5, 5.41) is 10.0. The van der Waals surface area contributed by atoms with Gasteiger partial charge in [-0.05, 0) is 55.2 Å². The molecule has 2 aromatic rings. The van der Waals surface area contributed by atoms with E-state index in [0.717, 1.165) is 26.9 Å². The normalized spacial score (nSPS) is 20.7. The molecule has 0 aromatic heterocycles. The van der Waals surface area contributed by atoms with Crippen molar-refractivity contribution in [3.63, 3.8) is 0 Å². The summed E-state index contributed by atoms with van der Waals surface area (Å²) >= 11 is 3.44. The molecule has 0 radical (unpaired) electrons. The highest BCUT2D eigenvalue weighted by Crippen LogP contribution is 2.30. The summed E-state index contributed by atoms with van der Waals surface area (Å²) in [5.74, 6) is -0.455. The number of nitrogens with one attached hydrogen (secondary N) is 2. The lowest BCUT2D eigenvalue weighted by molar-refractivity contribution is -0.139. The Morgan fingerprint density at radius 2 is 2.00 bits per heavy atom. The van der Waals surface area contributed by atoms with E-state index in [2.05, 4.69) is 31.8 Å². The summed E-state index contributed by atoms with van der Waals surface area (Å²) in [4.78, 5) is 25.4. The molecule has 1 saturated heterocycles. The molecule has 150 valence electrons. The fourth-order valence-corrected chi connectivity index (χ4v) is 3.82. The van der Waals surface area contributed by atoms with Crippen LogP contribution in [0, 0.1) is 13.8 Å². The van der Waals surface area contributed by atoms with Crippen molar-refractivity contribution in [3.05, 3.63) is 63.6 Å². The fourth-order valence-electron chi connectivity index (χ4n) is 3.56. The summed E-state index contributed by atoms with van der Waals surface area (Å²) in [7, 11) is 0. The molecule has 29 heavy (non-hydrogen) atoms. The molecule has 8 heteroatoms. The molecule has 0 aliphatic carbocycles. The second-order valence-corrected chi connectivity index (χ2v) is 8.30. The van der Waals surface area contributed by atoms with Gasteiger partial charge < -0.3 is 5.32 Å². The molecular formula is C21H22BrN5O2. The first kappa shape index (κ1) is 19.6. The summed E-state index contributed by atoms with van der Waals surface area (Å²) in [6.45, 7) is 3.79. The first-order chi connectivity index (χ1) is 13.9. The van der Waals surface area contributed by atoms with Crippen molar-refractivity contribution in [2.24, 2.45) is 5.10 Å². The van der Waals surface area contributed by atoms with Gasteiger partial charge in [0.05, 0.1) is 6.04 Å². The van der Waals surface area contributed by atoms with Gasteiger partial charge in [0.25, 0.3) is 5.91 Å². The molecule has 0 saturated carbocycles. The van der Waals surface area contributed by atoms with Crippen LogP contribution >= 0.6 is 15.9 Å². The molecule has 2 aromatic carbocycles. The van der Waals surface area contributed by atoms with Gasteiger partial charge in [-0.2, -0.15) is 5.10 Å². The van der Waals surface area contributed by atoms with Crippen LogP contribution in [0.25, 0.3) is 0 Å². The second kappa shape index (κ2) is 7.96. The molecule has 2 amide bonds. The SMILES string of the molecule is Cc1ccc(C)c(NC(=O)CN2N=CN3NC(c4ccc(Br)cc4)CC3C2=O)c1. The van der Waals surface area contributed by atoms with Crippen LogP contribution < -0.4 is 10.7 Å². The number of benzene rings is 2. The third-order valence-corrected chi connectivity index (χ3v) is 5.72. The average Bonchev–Trinajstić information content (AvgIpc) is 3.13. The summed E-state index contributed by atoms with van der Waals surface area (Å²) in [6, 6.07) is 13.5. The second-order valence-electron chi connectivity index (χ2n) is 7.39. The largest absolute Gasteiger partial charge is 0.324 e. The number of carbonyl (C=O) groups excluding carboxylic acids is 2. The van der Waals surface area contributed by atoms with E-state index >= 15 is 0 Å². The quantitative estimate of drug-likeness (QED) is 0.742. The van der Waals surface area contributed by atoms with E-state index in [1.807, 2.05) is 56.3 Å². The van der Waals surface area contributed by atoms with Crippen LogP contribution in [0.5, 0.6) is 0 Å². The third kappa shape index (κ3) is 4.18. The van der Waals surface area contributed by atoms with Crippen LogP contribution in [-0.4, -0.2) is 40.8 Å². The number of hydrazine groups is 1. The Morgan fingerprint density at radius 1 is 1.24 bits per heavy atom. The van der Waals surface area contributed by atoms with Crippen LogP contribution in [0.4, 0.5) is 5.69 Å². The van der Waals surface area contributed by atoms with E-state index in [0.29, 0.717) is 6.42 Å². The number of hydrazone groups is 1. The molecule has 1 fully saturated rings. The number of halogens is 1. The minimum absolute atomic E-state index is 0.0206. The predicted octanol–water partition coefficient (Wildman–Crippen LogP) is 3.11. The summed E-state index contributed by atoms with van der Waals surface area (Å²) in [5.41, 5.74) is 7.19. The van der Waals surface area contributed by atoms with Gasteiger partial charge in [-0.15, -0.1) is 0 Å². The maximum atomic E-state index is 12.9. The van der Waals surface area contributed by atoms with E-state index in [1.165, 1.54) is 5.01 Å². The van der Waals surface area contributed by atoms with Crippen molar-refractivity contribution in [1.29, 1.82) is 0 Å². The number of fused-ring (bicyclic) bond motifs is 1. The molecule has 2 aliphatic rings. The Kier molecular flexibility index (Phi) is 5.38. The van der Waals surface area contributed by atoms with E-state index in [1.54, 1.807) is 11.3 Å². The molecule has 2 unspecified atom stereocenters. The Balaban J connectivity index is 1.41. The number of aryl methyl sites for hydroxylation is 2. The van der Waals surface area contributed by atoms with Crippen LogP contribution in [-0.2, 0) is 9.59 Å². The lowest BCUT2D eigenvalue weighted by atomic mass is 10.0. The van der Waals surface area contributed by atoms with Crippen molar-refractivity contribution in [2.75, 3.05) is 11.9 Å². The molecule has 0 bridgehead atoms. The number of hydrogen-bond acceptors (Lipinski definition) is 5. The lowest BCUT2D eigenvalue weighted by Gasteiger charge is -2.29. The fraction of sp³-hybridized carbons (Fsp3) is 0.286. The highest BCUT2D eigenvalue weighted by molar-refractivity contribution is 9.10. The topological polar surface area (TPSA) is 77.0 Å². The zero-order chi connectivity index (χ0) is 20.5. The van der Waals surface area contributed by atoms with Gasteiger partial charge in [-0.25, -0.2) is 10.4 Å². The predicted molar refractivity (Wildman–Crippen MR) is 115 cm³/mol. The standard InChI is InChI=1S/C21H22BrN5O2/c1-13-3-4-14(2)17(9-13)24-20(28)11-26-21(29)19-10-18(25-27(19)12-23-26)15-5-7-16(22)8-6-15/h3-9,12,18-19,25H,10-11H2,1-2H3,(H,24,28). The zero-order valence-corrected chi connectivity index (χ0v) is 17.8. The maximum absolute atomic E-state index is 12.9. The van der Waals surface area contributed by atoms with Crippen LogP contribution in [0.2, 0.25) is 0 Å².